The Kier molecular flexibility index (Phi) is 12.7. The average molecular weight is 354 g/mol. The predicted molar refractivity (Wildman–Crippen MR) is 96.3 cm³/mol. The summed E-state index contributed by atoms with van der Waals surface area (Å²) in [7, 11) is 0. The fraction of sp³-hybridized carbons (Fsp3) is 0.667. The number of anilines is 1. The van der Waals surface area contributed by atoms with E-state index in [9.17, 15) is 4.79 Å². The first kappa shape index (κ1) is 21.5. The van der Waals surface area contributed by atoms with Crippen LogP contribution in [-0.2, 0) is 18.9 Å². The zero-order chi connectivity index (χ0) is 18.2. The second-order valence-corrected chi connectivity index (χ2v) is 5.17. The van der Waals surface area contributed by atoms with Gasteiger partial charge in [-0.15, -0.1) is 0 Å². The Bertz CT molecular complexity index is 471. The van der Waals surface area contributed by atoms with Crippen LogP contribution in [0.1, 0.15) is 30.6 Å². The summed E-state index contributed by atoms with van der Waals surface area (Å²) in [4.78, 5) is 15.8. The number of rotatable bonds is 16. The van der Waals surface area contributed by atoms with Crippen LogP contribution in [0.5, 0.6) is 0 Å². The lowest BCUT2D eigenvalue weighted by atomic mass is 10.1. The first-order chi connectivity index (χ1) is 12.3. The van der Waals surface area contributed by atoms with Crippen molar-refractivity contribution in [3.63, 3.8) is 0 Å². The van der Waals surface area contributed by atoms with Gasteiger partial charge in [0, 0.05) is 31.3 Å². The molecule has 1 aromatic rings. The van der Waals surface area contributed by atoms with Crippen LogP contribution in [0, 0.1) is 0 Å². The van der Waals surface area contributed by atoms with Crippen LogP contribution >= 0.6 is 0 Å². The third kappa shape index (κ3) is 10.8. The number of ketones is 1. The van der Waals surface area contributed by atoms with Gasteiger partial charge in [-0.05, 0) is 19.1 Å². The average Bonchev–Trinajstić information content (AvgIpc) is 2.65. The quantitative estimate of drug-likeness (QED) is 0.360. The molecule has 1 aromatic heterocycles. The van der Waals surface area contributed by atoms with Crippen molar-refractivity contribution < 1.29 is 23.7 Å². The number of Topliss-reactive ketones (excluding diaryl/α,β-unsaturated/α-hetero) is 1. The topological polar surface area (TPSA) is 78.9 Å². The number of hydrogen-bond acceptors (Lipinski definition) is 7. The number of aromatic nitrogens is 1. The summed E-state index contributed by atoms with van der Waals surface area (Å²) in [5.74, 6) is 0.795. The molecule has 1 heterocycles. The maximum Gasteiger partial charge on any atom is 0.162 e. The first-order valence-corrected chi connectivity index (χ1v) is 8.82. The summed E-state index contributed by atoms with van der Waals surface area (Å²) in [6.07, 6.45) is 2.13. The largest absolute Gasteiger partial charge is 0.379 e. The van der Waals surface area contributed by atoms with E-state index in [4.69, 9.17) is 18.9 Å². The third-order valence-corrected chi connectivity index (χ3v) is 3.28. The predicted octanol–water partition coefficient (Wildman–Crippen LogP) is 2.17. The molecule has 25 heavy (non-hydrogen) atoms. The number of nitrogens with one attached hydrogen (secondary N) is 1. The van der Waals surface area contributed by atoms with E-state index in [2.05, 4.69) is 10.3 Å². The molecule has 0 radical (unpaired) electrons. The van der Waals surface area contributed by atoms with Crippen LogP contribution < -0.4 is 5.32 Å². The van der Waals surface area contributed by atoms with Crippen molar-refractivity contribution in [2.45, 2.75) is 20.3 Å². The van der Waals surface area contributed by atoms with E-state index in [1.54, 1.807) is 18.3 Å². The minimum absolute atomic E-state index is 0.112. The zero-order valence-electron chi connectivity index (χ0n) is 15.3. The molecule has 7 nitrogen and oxygen atoms in total. The number of carbonyl (C=O) groups excluding carboxylic acids is 1. The van der Waals surface area contributed by atoms with Crippen LogP contribution in [-0.4, -0.2) is 70.2 Å². The number of carbonyl (C=O) groups is 1. The van der Waals surface area contributed by atoms with Crippen LogP contribution in [0.15, 0.2) is 18.3 Å². The Morgan fingerprint density at radius 1 is 0.960 bits per heavy atom. The Balaban J connectivity index is 1.94. The van der Waals surface area contributed by atoms with Gasteiger partial charge >= 0.3 is 0 Å². The SMILES string of the molecule is CCOCCOCCOCCOCCNc1cc(C(=O)CC)ccn1. The molecule has 0 aliphatic rings. The molecule has 0 spiro atoms. The molecule has 0 saturated carbocycles. The molecule has 0 aliphatic carbocycles. The molecule has 1 rings (SSSR count). The molecule has 0 fully saturated rings. The lowest BCUT2D eigenvalue weighted by Crippen LogP contribution is -2.15. The summed E-state index contributed by atoms with van der Waals surface area (Å²) in [5.41, 5.74) is 0.679. The third-order valence-electron chi connectivity index (χ3n) is 3.28. The Morgan fingerprint density at radius 3 is 2.16 bits per heavy atom. The molecule has 7 heteroatoms. The lowest BCUT2D eigenvalue weighted by Gasteiger charge is -2.08. The second kappa shape index (κ2) is 14.8. The molecule has 0 aliphatic heterocycles. The lowest BCUT2D eigenvalue weighted by molar-refractivity contribution is 0.000609. The van der Waals surface area contributed by atoms with Gasteiger partial charge < -0.3 is 24.3 Å². The van der Waals surface area contributed by atoms with E-state index in [-0.39, 0.29) is 5.78 Å². The number of ether oxygens (including phenoxy) is 4. The first-order valence-electron chi connectivity index (χ1n) is 8.82. The molecule has 0 amide bonds. The van der Waals surface area contributed by atoms with E-state index in [1.165, 1.54) is 0 Å². The van der Waals surface area contributed by atoms with Crippen molar-refractivity contribution in [1.29, 1.82) is 0 Å². The van der Waals surface area contributed by atoms with Gasteiger partial charge in [0.15, 0.2) is 5.78 Å². The van der Waals surface area contributed by atoms with Crippen molar-refractivity contribution >= 4 is 11.6 Å². The van der Waals surface area contributed by atoms with Gasteiger partial charge in [0.25, 0.3) is 0 Å². The number of pyridine rings is 1. The van der Waals surface area contributed by atoms with Crippen LogP contribution in [0.2, 0.25) is 0 Å². The smallest absolute Gasteiger partial charge is 0.162 e. The molecule has 0 unspecified atom stereocenters. The van der Waals surface area contributed by atoms with Gasteiger partial charge in [0.1, 0.15) is 5.82 Å². The molecule has 0 aromatic carbocycles. The molecule has 0 atom stereocenters. The summed E-state index contributed by atoms with van der Waals surface area (Å²) in [6.45, 7) is 9.08. The molecular weight excluding hydrogens is 324 g/mol. The zero-order valence-corrected chi connectivity index (χ0v) is 15.3. The monoisotopic (exact) mass is 354 g/mol. The molecular formula is C18H30N2O5. The highest BCUT2D eigenvalue weighted by Crippen LogP contribution is 2.08. The minimum Gasteiger partial charge on any atom is -0.379 e. The Labute approximate surface area is 150 Å². The van der Waals surface area contributed by atoms with Crippen molar-refractivity contribution in [3.8, 4) is 0 Å². The molecule has 142 valence electrons. The summed E-state index contributed by atoms with van der Waals surface area (Å²) in [6, 6.07) is 3.49. The van der Waals surface area contributed by atoms with E-state index in [0.717, 1.165) is 0 Å². The van der Waals surface area contributed by atoms with Gasteiger partial charge in [-0.25, -0.2) is 4.98 Å². The highest BCUT2D eigenvalue weighted by molar-refractivity contribution is 5.96. The summed E-state index contributed by atoms with van der Waals surface area (Å²) < 4.78 is 21.4. The molecule has 0 bridgehead atoms. The Hall–Kier alpha value is -1.54. The highest BCUT2D eigenvalue weighted by Gasteiger charge is 2.04. The van der Waals surface area contributed by atoms with Crippen molar-refractivity contribution in [1.82, 2.24) is 4.98 Å². The molecule has 0 saturated heterocycles. The number of hydrogen-bond donors (Lipinski definition) is 1. The van der Waals surface area contributed by atoms with Gasteiger partial charge in [0.05, 0.1) is 46.2 Å². The summed E-state index contributed by atoms with van der Waals surface area (Å²) in [5, 5.41) is 3.14. The van der Waals surface area contributed by atoms with Crippen LogP contribution in [0.25, 0.3) is 0 Å². The molecule has 1 N–H and O–H groups in total. The number of nitrogens with zero attached hydrogens (tertiary/aromatic N) is 1. The van der Waals surface area contributed by atoms with Crippen molar-refractivity contribution in [3.05, 3.63) is 23.9 Å². The standard InChI is InChI=1S/C18H30N2O5/c1-3-17(21)16-5-6-19-18(15-16)20-7-8-23-11-12-25-14-13-24-10-9-22-4-2/h5-6,15H,3-4,7-14H2,1-2H3,(H,19,20). The normalized spacial score (nSPS) is 10.8. The Morgan fingerprint density at radius 2 is 1.56 bits per heavy atom. The van der Waals surface area contributed by atoms with E-state index in [0.29, 0.717) is 77.2 Å². The van der Waals surface area contributed by atoms with Crippen molar-refractivity contribution in [2.75, 3.05) is 64.7 Å². The fourth-order valence-electron chi connectivity index (χ4n) is 1.96. The van der Waals surface area contributed by atoms with E-state index >= 15 is 0 Å². The van der Waals surface area contributed by atoms with Gasteiger partial charge in [0.2, 0.25) is 0 Å². The minimum atomic E-state index is 0.112. The van der Waals surface area contributed by atoms with E-state index in [1.807, 2.05) is 13.8 Å². The van der Waals surface area contributed by atoms with Crippen molar-refractivity contribution in [2.24, 2.45) is 0 Å². The van der Waals surface area contributed by atoms with Gasteiger partial charge in [-0.2, -0.15) is 0 Å². The highest BCUT2D eigenvalue weighted by atomic mass is 16.6. The maximum absolute atomic E-state index is 11.6. The van der Waals surface area contributed by atoms with Crippen LogP contribution in [0.4, 0.5) is 5.82 Å². The summed E-state index contributed by atoms with van der Waals surface area (Å²) >= 11 is 0. The van der Waals surface area contributed by atoms with E-state index < -0.39 is 0 Å². The van der Waals surface area contributed by atoms with Gasteiger partial charge in [-0.3, -0.25) is 4.79 Å². The van der Waals surface area contributed by atoms with Gasteiger partial charge in [-0.1, -0.05) is 6.92 Å². The van der Waals surface area contributed by atoms with Crippen LogP contribution in [0.3, 0.4) is 0 Å². The fourth-order valence-corrected chi connectivity index (χ4v) is 1.96. The maximum atomic E-state index is 11.6. The second-order valence-electron chi connectivity index (χ2n) is 5.17.